The van der Waals surface area contributed by atoms with Gasteiger partial charge in [-0.3, -0.25) is 9.10 Å². The molecule has 0 bridgehead atoms. The van der Waals surface area contributed by atoms with Gasteiger partial charge in [0.25, 0.3) is 0 Å². The summed E-state index contributed by atoms with van der Waals surface area (Å²) in [6, 6.07) is 15.5. The molecule has 5 nitrogen and oxygen atoms in total. The quantitative estimate of drug-likeness (QED) is 0.650. The van der Waals surface area contributed by atoms with Gasteiger partial charge in [0.05, 0.1) is 11.9 Å². The van der Waals surface area contributed by atoms with E-state index in [4.69, 9.17) is 0 Å². The Morgan fingerprint density at radius 3 is 2.52 bits per heavy atom. The number of anilines is 1. The van der Waals surface area contributed by atoms with Crippen LogP contribution in [0.25, 0.3) is 0 Å². The molecule has 0 radical (unpaired) electrons. The minimum absolute atomic E-state index is 0.216. The number of nitrogens with one attached hydrogen (secondary N) is 1. The largest absolute Gasteiger partial charge is 0.354 e. The molecule has 2 aromatic carbocycles. The van der Waals surface area contributed by atoms with E-state index in [-0.39, 0.29) is 12.5 Å². The van der Waals surface area contributed by atoms with E-state index in [1.54, 1.807) is 23.9 Å². The number of sulfonamides is 1. The van der Waals surface area contributed by atoms with Crippen molar-refractivity contribution in [2.45, 2.75) is 19.6 Å². The third-order valence-corrected chi connectivity index (χ3v) is 6.15. The number of benzene rings is 2. The first-order valence-corrected chi connectivity index (χ1v) is 11.7. The number of hydrogen-bond acceptors (Lipinski definition) is 4. The minimum atomic E-state index is -3.54. The van der Waals surface area contributed by atoms with Gasteiger partial charge in [0, 0.05) is 18.1 Å². The van der Waals surface area contributed by atoms with E-state index in [1.165, 1.54) is 11.1 Å². The summed E-state index contributed by atoms with van der Waals surface area (Å²) in [4.78, 5) is 12.2. The van der Waals surface area contributed by atoms with Crippen molar-refractivity contribution in [1.82, 2.24) is 5.32 Å². The monoisotopic (exact) mass is 406 g/mol. The Balaban J connectivity index is 1.83. The van der Waals surface area contributed by atoms with Crippen LogP contribution in [-0.4, -0.2) is 39.4 Å². The number of carbonyl (C=O) groups is 1. The van der Waals surface area contributed by atoms with Gasteiger partial charge in [0.1, 0.15) is 6.54 Å². The molecule has 0 unspecified atom stereocenters. The molecule has 146 valence electrons. The Hall–Kier alpha value is -1.99. The van der Waals surface area contributed by atoms with Crippen molar-refractivity contribution in [1.29, 1.82) is 0 Å². The molecule has 0 aliphatic heterocycles. The highest BCUT2D eigenvalue weighted by Crippen LogP contribution is 2.21. The second-order valence-corrected chi connectivity index (χ2v) is 9.46. The maximum atomic E-state index is 12.2. The Bertz CT molecular complexity index is 882. The molecule has 0 aromatic heterocycles. The fourth-order valence-electron chi connectivity index (χ4n) is 2.67. The number of amides is 1. The molecule has 0 aliphatic rings. The molecular weight excluding hydrogens is 380 g/mol. The SMILES string of the molecule is Cc1cccc(CSCCNC(=O)CN(c2ccccc2C)S(C)(=O)=O)c1. The van der Waals surface area contributed by atoms with Crippen molar-refractivity contribution in [3.8, 4) is 0 Å². The van der Waals surface area contributed by atoms with Crippen molar-refractivity contribution in [3.63, 3.8) is 0 Å². The van der Waals surface area contributed by atoms with Gasteiger partial charge in [0.15, 0.2) is 0 Å². The lowest BCUT2D eigenvalue weighted by molar-refractivity contribution is -0.119. The molecular formula is C20H26N2O3S2. The minimum Gasteiger partial charge on any atom is -0.354 e. The fourth-order valence-corrected chi connectivity index (χ4v) is 4.39. The Kier molecular flexibility index (Phi) is 7.74. The summed E-state index contributed by atoms with van der Waals surface area (Å²) in [6.45, 7) is 4.18. The molecule has 0 saturated carbocycles. The summed E-state index contributed by atoms with van der Waals surface area (Å²) in [6.07, 6.45) is 1.12. The van der Waals surface area contributed by atoms with Crippen LogP contribution in [0.4, 0.5) is 5.69 Å². The summed E-state index contributed by atoms with van der Waals surface area (Å²) in [5.41, 5.74) is 3.83. The summed E-state index contributed by atoms with van der Waals surface area (Å²) >= 11 is 1.73. The third-order valence-electron chi connectivity index (χ3n) is 3.99. The molecule has 0 saturated heterocycles. The lowest BCUT2D eigenvalue weighted by Crippen LogP contribution is -2.41. The van der Waals surface area contributed by atoms with Crippen molar-refractivity contribution in [3.05, 3.63) is 65.2 Å². The zero-order valence-corrected chi connectivity index (χ0v) is 17.6. The number of rotatable bonds is 9. The van der Waals surface area contributed by atoms with E-state index in [2.05, 4.69) is 30.4 Å². The molecule has 0 aliphatic carbocycles. The summed E-state index contributed by atoms with van der Waals surface area (Å²) in [5.74, 6) is 1.35. The second-order valence-electron chi connectivity index (χ2n) is 6.45. The predicted octanol–water partition coefficient (Wildman–Crippen LogP) is 3.12. The van der Waals surface area contributed by atoms with Gasteiger partial charge in [-0.25, -0.2) is 8.42 Å². The predicted molar refractivity (Wildman–Crippen MR) is 114 cm³/mol. The maximum absolute atomic E-state index is 12.2. The molecule has 2 rings (SSSR count). The molecule has 0 atom stereocenters. The average molecular weight is 407 g/mol. The van der Waals surface area contributed by atoms with Gasteiger partial charge >= 0.3 is 0 Å². The number of carbonyl (C=O) groups excluding carboxylic acids is 1. The number of para-hydroxylation sites is 1. The van der Waals surface area contributed by atoms with Crippen LogP contribution in [0.15, 0.2) is 48.5 Å². The van der Waals surface area contributed by atoms with E-state index in [9.17, 15) is 13.2 Å². The van der Waals surface area contributed by atoms with Crippen molar-refractivity contribution >= 4 is 33.4 Å². The molecule has 7 heteroatoms. The highest BCUT2D eigenvalue weighted by Gasteiger charge is 2.21. The van der Waals surface area contributed by atoms with Gasteiger partial charge < -0.3 is 5.32 Å². The molecule has 27 heavy (non-hydrogen) atoms. The van der Waals surface area contributed by atoms with E-state index in [1.807, 2.05) is 25.1 Å². The van der Waals surface area contributed by atoms with Crippen LogP contribution in [0.5, 0.6) is 0 Å². The average Bonchev–Trinajstić information content (AvgIpc) is 2.59. The number of hydrogen-bond donors (Lipinski definition) is 1. The van der Waals surface area contributed by atoms with Crippen molar-refractivity contribution in [2.75, 3.05) is 29.4 Å². The lowest BCUT2D eigenvalue weighted by Gasteiger charge is -2.23. The van der Waals surface area contributed by atoms with Gasteiger partial charge in [-0.15, -0.1) is 0 Å². The molecule has 0 heterocycles. The molecule has 0 spiro atoms. The van der Waals surface area contributed by atoms with Gasteiger partial charge in [-0.1, -0.05) is 48.0 Å². The summed E-state index contributed by atoms with van der Waals surface area (Å²) < 4.78 is 25.4. The zero-order chi connectivity index (χ0) is 19.9. The van der Waals surface area contributed by atoms with Gasteiger partial charge in [-0.05, 0) is 31.0 Å². The first-order valence-electron chi connectivity index (χ1n) is 8.70. The third kappa shape index (κ3) is 6.92. The van der Waals surface area contributed by atoms with Gasteiger partial charge in [0.2, 0.25) is 15.9 Å². The Morgan fingerprint density at radius 2 is 1.85 bits per heavy atom. The summed E-state index contributed by atoms with van der Waals surface area (Å²) in [5, 5.41) is 2.81. The van der Waals surface area contributed by atoms with Crippen LogP contribution in [0.1, 0.15) is 16.7 Å². The van der Waals surface area contributed by atoms with Crippen LogP contribution in [0, 0.1) is 13.8 Å². The maximum Gasteiger partial charge on any atom is 0.240 e. The first kappa shape index (κ1) is 21.3. The van der Waals surface area contributed by atoms with Crippen LogP contribution >= 0.6 is 11.8 Å². The van der Waals surface area contributed by atoms with E-state index >= 15 is 0 Å². The number of thioether (sulfide) groups is 1. The first-order chi connectivity index (χ1) is 12.8. The molecule has 1 N–H and O–H groups in total. The highest BCUT2D eigenvalue weighted by molar-refractivity contribution is 7.98. The van der Waals surface area contributed by atoms with Crippen LogP contribution in [0.2, 0.25) is 0 Å². The topological polar surface area (TPSA) is 66.5 Å². The molecule has 2 aromatic rings. The standard InChI is InChI=1S/C20H26N2O3S2/c1-16-7-6-9-18(13-16)15-26-12-11-21-20(23)14-22(27(3,24)25)19-10-5-4-8-17(19)2/h4-10,13H,11-12,14-15H2,1-3H3,(H,21,23). The van der Waals surface area contributed by atoms with Crippen molar-refractivity contribution < 1.29 is 13.2 Å². The van der Waals surface area contributed by atoms with E-state index in [0.29, 0.717) is 12.2 Å². The summed E-state index contributed by atoms with van der Waals surface area (Å²) in [7, 11) is -3.54. The Morgan fingerprint density at radius 1 is 1.11 bits per heavy atom. The van der Waals surface area contributed by atoms with Gasteiger partial charge in [-0.2, -0.15) is 11.8 Å². The molecule has 0 fully saturated rings. The smallest absolute Gasteiger partial charge is 0.240 e. The number of aryl methyl sites for hydroxylation is 2. The van der Waals surface area contributed by atoms with Crippen molar-refractivity contribution in [2.24, 2.45) is 0 Å². The lowest BCUT2D eigenvalue weighted by atomic mass is 10.2. The van der Waals surface area contributed by atoms with Crippen LogP contribution in [0.3, 0.4) is 0 Å². The fraction of sp³-hybridized carbons (Fsp3) is 0.350. The normalized spacial score (nSPS) is 11.2. The second kappa shape index (κ2) is 9.80. The van der Waals surface area contributed by atoms with E-state index < -0.39 is 10.0 Å². The molecule has 1 amide bonds. The van der Waals surface area contributed by atoms with E-state index in [0.717, 1.165) is 27.6 Å². The number of nitrogens with zero attached hydrogens (tertiary/aromatic N) is 1. The van der Waals surface area contributed by atoms with Crippen LogP contribution in [-0.2, 0) is 20.6 Å². The Labute approximate surface area is 166 Å². The highest BCUT2D eigenvalue weighted by atomic mass is 32.2. The van der Waals surface area contributed by atoms with Crippen LogP contribution < -0.4 is 9.62 Å². The zero-order valence-electron chi connectivity index (χ0n) is 15.9.